The zero-order valence-corrected chi connectivity index (χ0v) is 8.84. The van der Waals surface area contributed by atoms with Crippen molar-refractivity contribution in [3.63, 3.8) is 0 Å². The zero-order chi connectivity index (χ0) is 10.6. The first-order valence-corrected chi connectivity index (χ1v) is 6.03. The molecule has 0 aliphatic carbocycles. The summed E-state index contributed by atoms with van der Waals surface area (Å²) in [6.45, 7) is 0. The van der Waals surface area contributed by atoms with Gasteiger partial charge in [0.05, 0.1) is 0 Å². The third kappa shape index (κ3) is 3.52. The standard InChI is InChI=1S/C6H8O6P2/c7-13(8)11-5-3-1-2-4-6(5)12-14(9)10/h1-4,13-14H,(H,7,8)(H,9,10). The van der Waals surface area contributed by atoms with Crippen molar-refractivity contribution in [3.05, 3.63) is 24.3 Å². The summed E-state index contributed by atoms with van der Waals surface area (Å²) in [6, 6.07) is 5.81. The van der Waals surface area contributed by atoms with Crippen LogP contribution in [0.4, 0.5) is 0 Å². The zero-order valence-electron chi connectivity index (χ0n) is 6.84. The Labute approximate surface area is 81.0 Å². The van der Waals surface area contributed by atoms with Crippen LogP contribution in [0, 0.1) is 0 Å². The van der Waals surface area contributed by atoms with E-state index in [1.54, 1.807) is 12.1 Å². The van der Waals surface area contributed by atoms with E-state index in [-0.39, 0.29) is 11.5 Å². The predicted molar refractivity (Wildman–Crippen MR) is 50.1 cm³/mol. The maximum Gasteiger partial charge on any atom is 0.365 e. The van der Waals surface area contributed by atoms with Crippen molar-refractivity contribution >= 4 is 16.5 Å². The fraction of sp³-hybridized carbons (Fsp3) is 0. The largest absolute Gasteiger partial charge is 0.422 e. The first kappa shape index (κ1) is 11.3. The summed E-state index contributed by atoms with van der Waals surface area (Å²) in [4.78, 5) is 17.0. The van der Waals surface area contributed by atoms with Crippen molar-refractivity contribution < 1.29 is 28.0 Å². The lowest BCUT2D eigenvalue weighted by Gasteiger charge is -2.07. The lowest BCUT2D eigenvalue weighted by atomic mass is 10.3. The molecule has 0 heterocycles. The van der Waals surface area contributed by atoms with E-state index in [9.17, 15) is 9.13 Å². The minimum Gasteiger partial charge on any atom is -0.422 e. The Morgan fingerprint density at radius 2 is 1.29 bits per heavy atom. The average molecular weight is 238 g/mol. The molecule has 8 heteroatoms. The van der Waals surface area contributed by atoms with E-state index in [0.717, 1.165) is 0 Å². The molecule has 0 bridgehead atoms. The normalized spacial score (nSPS) is 14.4. The van der Waals surface area contributed by atoms with Crippen LogP contribution in [0.1, 0.15) is 0 Å². The van der Waals surface area contributed by atoms with Crippen LogP contribution in [0.15, 0.2) is 24.3 Å². The molecule has 0 amide bonds. The number of hydrogen-bond donors (Lipinski definition) is 2. The molecule has 0 aliphatic heterocycles. The van der Waals surface area contributed by atoms with Crippen LogP contribution < -0.4 is 9.05 Å². The Bertz CT molecular complexity index is 330. The van der Waals surface area contributed by atoms with Crippen LogP contribution in [0.5, 0.6) is 11.5 Å². The van der Waals surface area contributed by atoms with E-state index in [1.165, 1.54) is 12.1 Å². The van der Waals surface area contributed by atoms with Crippen LogP contribution in [-0.4, -0.2) is 9.79 Å². The highest BCUT2D eigenvalue weighted by Crippen LogP contribution is 2.36. The third-order valence-electron chi connectivity index (χ3n) is 1.24. The monoisotopic (exact) mass is 238 g/mol. The molecule has 14 heavy (non-hydrogen) atoms. The summed E-state index contributed by atoms with van der Waals surface area (Å²) in [5.41, 5.74) is 0. The first-order valence-electron chi connectivity index (χ1n) is 3.50. The van der Waals surface area contributed by atoms with E-state index in [0.29, 0.717) is 0 Å². The quantitative estimate of drug-likeness (QED) is 0.765. The summed E-state index contributed by atoms with van der Waals surface area (Å²) in [5, 5.41) is 0. The van der Waals surface area contributed by atoms with Crippen molar-refractivity contribution in [1.82, 2.24) is 0 Å². The molecular weight excluding hydrogens is 230 g/mol. The van der Waals surface area contributed by atoms with Gasteiger partial charge in [-0.25, -0.2) is 9.13 Å². The third-order valence-corrected chi connectivity index (χ3v) is 2.03. The van der Waals surface area contributed by atoms with E-state index < -0.39 is 16.5 Å². The van der Waals surface area contributed by atoms with Gasteiger partial charge in [-0.2, -0.15) is 0 Å². The molecule has 78 valence electrons. The number of benzene rings is 1. The van der Waals surface area contributed by atoms with Crippen molar-refractivity contribution in [3.8, 4) is 11.5 Å². The fourth-order valence-corrected chi connectivity index (χ4v) is 1.52. The number of para-hydroxylation sites is 2. The summed E-state index contributed by atoms with van der Waals surface area (Å²) < 4.78 is 29.7. The van der Waals surface area contributed by atoms with Crippen LogP contribution in [0.3, 0.4) is 0 Å². The second kappa shape index (κ2) is 5.17. The maximum atomic E-state index is 10.4. The summed E-state index contributed by atoms with van der Waals surface area (Å²) in [5.74, 6) is -0.0717. The molecule has 2 N–H and O–H groups in total. The van der Waals surface area contributed by atoms with Gasteiger partial charge in [0.15, 0.2) is 11.5 Å². The molecule has 0 aliphatic rings. The fourth-order valence-electron chi connectivity index (χ4n) is 0.807. The molecule has 0 saturated heterocycles. The Morgan fingerprint density at radius 3 is 1.57 bits per heavy atom. The van der Waals surface area contributed by atoms with Gasteiger partial charge < -0.3 is 18.8 Å². The molecule has 0 aromatic heterocycles. The molecule has 2 unspecified atom stereocenters. The van der Waals surface area contributed by atoms with Gasteiger partial charge in [0.1, 0.15) is 0 Å². The van der Waals surface area contributed by atoms with Crippen LogP contribution >= 0.6 is 16.5 Å². The average Bonchev–Trinajstić information content (AvgIpc) is 2.06. The Kier molecular flexibility index (Phi) is 4.17. The van der Waals surface area contributed by atoms with Gasteiger partial charge in [-0.3, -0.25) is 0 Å². The van der Waals surface area contributed by atoms with Gasteiger partial charge in [0.25, 0.3) is 0 Å². The van der Waals surface area contributed by atoms with Crippen molar-refractivity contribution in [1.29, 1.82) is 0 Å². The summed E-state index contributed by atoms with van der Waals surface area (Å²) >= 11 is 0. The van der Waals surface area contributed by atoms with Crippen LogP contribution in [-0.2, 0) is 9.13 Å². The Hall–Kier alpha value is -0.800. The lowest BCUT2D eigenvalue weighted by Crippen LogP contribution is -1.86. The Balaban J connectivity index is 2.90. The molecule has 0 fully saturated rings. The van der Waals surface area contributed by atoms with Crippen molar-refractivity contribution in [2.45, 2.75) is 0 Å². The molecule has 6 nitrogen and oxygen atoms in total. The molecular formula is C6H8O6P2. The SMILES string of the molecule is O=[PH](O)Oc1ccccc1O[PH](=O)O. The van der Waals surface area contributed by atoms with Crippen molar-refractivity contribution in [2.24, 2.45) is 0 Å². The van der Waals surface area contributed by atoms with Gasteiger partial charge in [0, 0.05) is 0 Å². The predicted octanol–water partition coefficient (Wildman–Crippen LogP) is 1.21. The summed E-state index contributed by atoms with van der Waals surface area (Å²) in [7, 11) is -6.29. The van der Waals surface area contributed by atoms with Gasteiger partial charge in [-0.1, -0.05) is 12.1 Å². The smallest absolute Gasteiger partial charge is 0.365 e. The van der Waals surface area contributed by atoms with Gasteiger partial charge in [0.2, 0.25) is 0 Å². The van der Waals surface area contributed by atoms with E-state index >= 15 is 0 Å². The van der Waals surface area contributed by atoms with E-state index in [4.69, 9.17) is 9.79 Å². The molecule has 1 aromatic rings. The highest BCUT2D eigenvalue weighted by Gasteiger charge is 2.07. The topological polar surface area (TPSA) is 93.1 Å². The van der Waals surface area contributed by atoms with E-state index in [1.807, 2.05) is 0 Å². The van der Waals surface area contributed by atoms with Crippen LogP contribution in [0.25, 0.3) is 0 Å². The maximum absolute atomic E-state index is 10.4. The van der Waals surface area contributed by atoms with Gasteiger partial charge in [-0.05, 0) is 12.1 Å². The molecule has 2 atom stereocenters. The second-order valence-corrected chi connectivity index (χ2v) is 3.65. The molecule has 1 aromatic carbocycles. The molecule has 0 spiro atoms. The summed E-state index contributed by atoms with van der Waals surface area (Å²) in [6.07, 6.45) is 0. The molecule has 0 saturated carbocycles. The highest BCUT2D eigenvalue weighted by molar-refractivity contribution is 7.33. The Morgan fingerprint density at radius 1 is 0.929 bits per heavy atom. The molecule has 1 rings (SSSR count). The first-order chi connectivity index (χ1) is 6.59. The molecule has 0 radical (unpaired) electrons. The number of hydrogen-bond acceptors (Lipinski definition) is 4. The minimum atomic E-state index is -3.15. The van der Waals surface area contributed by atoms with Crippen LogP contribution in [0.2, 0.25) is 0 Å². The van der Waals surface area contributed by atoms with Gasteiger partial charge in [-0.15, -0.1) is 0 Å². The van der Waals surface area contributed by atoms with Crippen molar-refractivity contribution in [2.75, 3.05) is 0 Å². The number of rotatable bonds is 4. The second-order valence-electron chi connectivity index (χ2n) is 2.18. The van der Waals surface area contributed by atoms with E-state index in [2.05, 4.69) is 9.05 Å². The minimum absolute atomic E-state index is 0.0358. The van der Waals surface area contributed by atoms with Gasteiger partial charge >= 0.3 is 16.5 Å². The lowest BCUT2D eigenvalue weighted by molar-refractivity contribution is 0.384. The highest BCUT2D eigenvalue weighted by atomic mass is 31.1.